The van der Waals surface area contributed by atoms with E-state index in [1.165, 1.54) is 5.56 Å². The molecule has 1 unspecified atom stereocenters. The summed E-state index contributed by atoms with van der Waals surface area (Å²) >= 11 is 3.52. The Kier molecular flexibility index (Phi) is 6.71. The molecule has 21 heavy (non-hydrogen) atoms. The van der Waals surface area contributed by atoms with Crippen LogP contribution in [0.15, 0.2) is 28.7 Å². The van der Waals surface area contributed by atoms with E-state index < -0.39 is 0 Å². The van der Waals surface area contributed by atoms with Gasteiger partial charge in [-0.3, -0.25) is 4.79 Å². The summed E-state index contributed by atoms with van der Waals surface area (Å²) in [5.74, 6) is 0.310. The largest absolute Gasteiger partial charge is 0.336 e. The van der Waals surface area contributed by atoms with Crippen LogP contribution in [0.2, 0.25) is 0 Å². The van der Waals surface area contributed by atoms with Crippen LogP contribution in [0, 0.1) is 0 Å². The number of halogens is 1. The summed E-state index contributed by atoms with van der Waals surface area (Å²) < 4.78 is 1.08. The van der Waals surface area contributed by atoms with Gasteiger partial charge in [-0.2, -0.15) is 0 Å². The molecule has 0 aromatic heterocycles. The Morgan fingerprint density at radius 3 is 2.86 bits per heavy atom. The number of carbonyl (C=O) groups is 1. The maximum absolute atomic E-state index is 12.4. The molecule has 116 valence electrons. The van der Waals surface area contributed by atoms with E-state index in [0.717, 1.165) is 56.1 Å². The maximum Gasteiger partial charge on any atom is 0.223 e. The number of amides is 1. The molecule has 3 nitrogen and oxygen atoms in total. The minimum atomic E-state index is 0.263. The molecule has 1 amide bonds. The highest BCUT2D eigenvalue weighted by molar-refractivity contribution is 9.10. The molecule has 1 saturated heterocycles. The van der Waals surface area contributed by atoms with Crippen molar-refractivity contribution in [3.8, 4) is 0 Å². The number of rotatable bonds is 7. The zero-order valence-electron chi connectivity index (χ0n) is 12.6. The summed E-state index contributed by atoms with van der Waals surface area (Å²) in [5.41, 5.74) is 6.73. The van der Waals surface area contributed by atoms with Crippen molar-refractivity contribution in [1.82, 2.24) is 4.90 Å². The lowest BCUT2D eigenvalue weighted by atomic mass is 10.0. The first-order valence-corrected chi connectivity index (χ1v) is 8.76. The van der Waals surface area contributed by atoms with Gasteiger partial charge >= 0.3 is 0 Å². The summed E-state index contributed by atoms with van der Waals surface area (Å²) in [5, 5.41) is 0. The lowest BCUT2D eigenvalue weighted by Gasteiger charge is -2.25. The highest BCUT2D eigenvalue weighted by Gasteiger charge is 2.29. The summed E-state index contributed by atoms with van der Waals surface area (Å²) in [7, 11) is 0. The fourth-order valence-corrected chi connectivity index (χ4v) is 3.46. The summed E-state index contributed by atoms with van der Waals surface area (Å²) in [6.07, 6.45) is 7.16. The molecule has 2 rings (SSSR count). The van der Waals surface area contributed by atoms with Gasteiger partial charge in [-0.1, -0.05) is 40.9 Å². The van der Waals surface area contributed by atoms with E-state index in [4.69, 9.17) is 5.73 Å². The molecule has 1 fully saturated rings. The Morgan fingerprint density at radius 2 is 2.10 bits per heavy atom. The van der Waals surface area contributed by atoms with Gasteiger partial charge in [-0.15, -0.1) is 0 Å². The quantitative estimate of drug-likeness (QED) is 0.753. The van der Waals surface area contributed by atoms with Crippen molar-refractivity contribution in [3.63, 3.8) is 0 Å². The predicted molar refractivity (Wildman–Crippen MR) is 90.0 cm³/mol. The molecule has 0 spiro atoms. The van der Waals surface area contributed by atoms with Crippen LogP contribution in [-0.2, 0) is 4.79 Å². The third-order valence-corrected chi connectivity index (χ3v) is 4.64. The van der Waals surface area contributed by atoms with Gasteiger partial charge in [-0.05, 0) is 49.9 Å². The lowest BCUT2D eigenvalue weighted by Crippen LogP contribution is -2.30. The van der Waals surface area contributed by atoms with Crippen molar-refractivity contribution in [2.75, 3.05) is 13.1 Å². The minimum Gasteiger partial charge on any atom is -0.336 e. The Hall–Kier alpha value is -0.870. The van der Waals surface area contributed by atoms with Crippen LogP contribution >= 0.6 is 15.9 Å². The number of nitrogens with two attached hydrogens (primary N) is 1. The average molecular weight is 353 g/mol. The number of unbranched alkanes of at least 4 members (excludes halogenated alkanes) is 3. The van der Waals surface area contributed by atoms with E-state index in [-0.39, 0.29) is 6.04 Å². The number of likely N-dealkylation sites (tertiary alicyclic amines) is 1. The van der Waals surface area contributed by atoms with Gasteiger partial charge in [-0.25, -0.2) is 0 Å². The Bertz CT molecular complexity index is 464. The number of benzene rings is 1. The number of nitrogens with zero attached hydrogens (tertiary/aromatic N) is 1. The molecule has 0 bridgehead atoms. The van der Waals surface area contributed by atoms with E-state index in [1.807, 2.05) is 12.1 Å². The predicted octanol–water partition coefficient (Wildman–Crippen LogP) is 4.02. The van der Waals surface area contributed by atoms with Gasteiger partial charge in [0, 0.05) is 17.4 Å². The van der Waals surface area contributed by atoms with Gasteiger partial charge in [0.05, 0.1) is 6.04 Å². The Morgan fingerprint density at radius 1 is 1.29 bits per heavy atom. The van der Waals surface area contributed by atoms with Crippen molar-refractivity contribution in [3.05, 3.63) is 34.3 Å². The van der Waals surface area contributed by atoms with Crippen LogP contribution in [0.3, 0.4) is 0 Å². The van der Waals surface area contributed by atoms with Crippen molar-refractivity contribution in [1.29, 1.82) is 0 Å². The molecule has 0 radical (unpaired) electrons. The molecular weight excluding hydrogens is 328 g/mol. The molecule has 0 aliphatic carbocycles. The Labute approximate surface area is 136 Å². The summed E-state index contributed by atoms with van der Waals surface area (Å²) in [6, 6.07) is 8.61. The normalized spacial score (nSPS) is 18.2. The number of hydrogen-bond acceptors (Lipinski definition) is 2. The second kappa shape index (κ2) is 8.54. The van der Waals surface area contributed by atoms with Crippen molar-refractivity contribution in [2.45, 2.75) is 51.0 Å². The second-order valence-electron chi connectivity index (χ2n) is 5.75. The van der Waals surface area contributed by atoms with Crippen LogP contribution in [0.4, 0.5) is 0 Å². The molecule has 2 N–H and O–H groups in total. The fourth-order valence-electron chi connectivity index (χ4n) is 3.04. The standard InChI is InChI=1S/C17H25BrN2O/c18-15-8-5-7-14(13-15)16-9-6-12-20(16)17(21)10-3-1-2-4-11-19/h5,7-8,13,16H,1-4,6,9-12,19H2. The zero-order valence-corrected chi connectivity index (χ0v) is 14.1. The molecule has 1 aliphatic rings. The van der Waals surface area contributed by atoms with E-state index in [1.54, 1.807) is 0 Å². The highest BCUT2D eigenvalue weighted by atomic mass is 79.9. The first-order chi connectivity index (χ1) is 10.2. The average Bonchev–Trinajstić information content (AvgIpc) is 2.96. The molecular formula is C17H25BrN2O. The zero-order chi connectivity index (χ0) is 15.1. The molecule has 4 heteroatoms. The van der Waals surface area contributed by atoms with Crippen LogP contribution in [-0.4, -0.2) is 23.9 Å². The van der Waals surface area contributed by atoms with Crippen LogP contribution in [0.1, 0.15) is 56.6 Å². The van der Waals surface area contributed by atoms with Gasteiger partial charge < -0.3 is 10.6 Å². The van der Waals surface area contributed by atoms with E-state index in [0.29, 0.717) is 12.3 Å². The number of carbonyl (C=O) groups excluding carboxylic acids is 1. The molecule has 0 saturated carbocycles. The SMILES string of the molecule is NCCCCCCC(=O)N1CCCC1c1cccc(Br)c1. The van der Waals surface area contributed by atoms with Crippen molar-refractivity contribution >= 4 is 21.8 Å². The van der Waals surface area contributed by atoms with Gasteiger partial charge in [0.25, 0.3) is 0 Å². The third-order valence-electron chi connectivity index (χ3n) is 4.15. The third kappa shape index (κ3) is 4.82. The number of hydrogen-bond donors (Lipinski definition) is 1. The molecule has 1 heterocycles. The van der Waals surface area contributed by atoms with Gasteiger partial charge in [0.1, 0.15) is 0 Å². The van der Waals surface area contributed by atoms with Crippen molar-refractivity contribution < 1.29 is 4.79 Å². The molecule has 1 aliphatic heterocycles. The summed E-state index contributed by atoms with van der Waals surface area (Å²) in [6.45, 7) is 1.66. The highest BCUT2D eigenvalue weighted by Crippen LogP contribution is 2.33. The Balaban J connectivity index is 1.88. The molecule has 1 aromatic rings. The van der Waals surface area contributed by atoms with E-state index in [9.17, 15) is 4.79 Å². The monoisotopic (exact) mass is 352 g/mol. The van der Waals surface area contributed by atoms with Crippen LogP contribution in [0.25, 0.3) is 0 Å². The molecule has 1 atom stereocenters. The van der Waals surface area contributed by atoms with Crippen LogP contribution in [0.5, 0.6) is 0 Å². The lowest BCUT2D eigenvalue weighted by molar-refractivity contribution is -0.132. The molecule has 1 aromatic carbocycles. The first kappa shape index (κ1) is 16.5. The van der Waals surface area contributed by atoms with Crippen LogP contribution < -0.4 is 5.73 Å². The summed E-state index contributed by atoms with van der Waals surface area (Å²) in [4.78, 5) is 14.5. The van der Waals surface area contributed by atoms with E-state index >= 15 is 0 Å². The smallest absolute Gasteiger partial charge is 0.223 e. The van der Waals surface area contributed by atoms with Gasteiger partial charge in [0.2, 0.25) is 5.91 Å². The fraction of sp³-hybridized carbons (Fsp3) is 0.588. The van der Waals surface area contributed by atoms with E-state index in [2.05, 4.69) is 33.0 Å². The minimum absolute atomic E-state index is 0.263. The topological polar surface area (TPSA) is 46.3 Å². The maximum atomic E-state index is 12.4. The second-order valence-corrected chi connectivity index (χ2v) is 6.67. The van der Waals surface area contributed by atoms with Crippen molar-refractivity contribution in [2.24, 2.45) is 5.73 Å². The van der Waals surface area contributed by atoms with Gasteiger partial charge in [0.15, 0.2) is 0 Å². The first-order valence-electron chi connectivity index (χ1n) is 7.97.